The van der Waals surface area contributed by atoms with Crippen LogP contribution in [-0.2, 0) is 9.53 Å². The van der Waals surface area contributed by atoms with Crippen LogP contribution in [0, 0.1) is 0 Å². The van der Waals surface area contributed by atoms with Crippen LogP contribution in [0.3, 0.4) is 0 Å². The minimum Gasteiger partial charge on any atom is -0.501 e. The highest BCUT2D eigenvalue weighted by atomic mass is 35.5. The van der Waals surface area contributed by atoms with Gasteiger partial charge in [-0.15, -0.1) is 0 Å². The summed E-state index contributed by atoms with van der Waals surface area (Å²) in [6, 6.07) is 12.7. The summed E-state index contributed by atoms with van der Waals surface area (Å²) in [6.07, 6.45) is 1.49. The summed E-state index contributed by atoms with van der Waals surface area (Å²) in [4.78, 5) is 14.4. The van der Waals surface area contributed by atoms with E-state index >= 15 is 0 Å². The fourth-order valence-corrected chi connectivity index (χ4v) is 3.01. The van der Waals surface area contributed by atoms with Crippen molar-refractivity contribution in [3.8, 4) is 0 Å². The Balaban J connectivity index is 2.20. The number of hydrogen-bond acceptors (Lipinski definition) is 2. The fraction of sp³-hybridized carbons (Fsp3) is 0.118. The second-order valence-electron chi connectivity index (χ2n) is 4.71. The highest BCUT2D eigenvalue weighted by molar-refractivity contribution is 6.43. The predicted octanol–water partition coefficient (Wildman–Crippen LogP) is 5.05. The van der Waals surface area contributed by atoms with E-state index in [1.54, 1.807) is 18.2 Å². The lowest BCUT2D eigenvalue weighted by atomic mass is 10.1. The molecule has 0 atom stereocenters. The van der Waals surface area contributed by atoms with Crippen LogP contribution in [0.2, 0.25) is 10.0 Å². The first kappa shape index (κ1) is 14.9. The summed E-state index contributed by atoms with van der Waals surface area (Å²) in [6.45, 7) is 2.36. The highest BCUT2D eigenvalue weighted by Crippen LogP contribution is 2.46. The predicted molar refractivity (Wildman–Crippen MR) is 89.7 cm³/mol. The molecular weight excluding hydrogens is 321 g/mol. The molecule has 1 heterocycles. The molecule has 3 rings (SSSR count). The Labute approximate surface area is 138 Å². The molecule has 1 amide bonds. The third kappa shape index (κ3) is 2.36. The van der Waals surface area contributed by atoms with Gasteiger partial charge in [0.15, 0.2) is 0 Å². The molecule has 2 aromatic carbocycles. The van der Waals surface area contributed by atoms with Crippen molar-refractivity contribution in [3.63, 3.8) is 0 Å². The molecule has 1 aliphatic heterocycles. The van der Waals surface area contributed by atoms with Gasteiger partial charge >= 0.3 is 0 Å². The molecule has 22 heavy (non-hydrogen) atoms. The molecule has 5 heteroatoms. The average Bonchev–Trinajstić information content (AvgIpc) is 2.78. The molecule has 0 unspecified atom stereocenters. The van der Waals surface area contributed by atoms with Gasteiger partial charge in [-0.1, -0.05) is 47.5 Å². The molecule has 0 saturated heterocycles. The normalized spacial score (nSPS) is 15.3. The zero-order valence-electron chi connectivity index (χ0n) is 11.8. The Morgan fingerprint density at radius 2 is 1.77 bits per heavy atom. The summed E-state index contributed by atoms with van der Waals surface area (Å²) in [5, 5.41) is 0.849. The monoisotopic (exact) mass is 333 g/mol. The van der Waals surface area contributed by atoms with Crippen LogP contribution in [-0.4, -0.2) is 12.5 Å². The molecule has 0 N–H and O–H groups in total. The van der Waals surface area contributed by atoms with Gasteiger partial charge in [-0.3, -0.25) is 9.69 Å². The third-order valence-corrected chi connectivity index (χ3v) is 4.01. The summed E-state index contributed by atoms with van der Waals surface area (Å²) in [5.74, 6) is -0.204. The SMILES string of the molecule is CCO/C=C1/C(=O)N(c2c(Cl)cccc2Cl)c2ccccc21. The molecule has 2 aromatic rings. The summed E-state index contributed by atoms with van der Waals surface area (Å²) < 4.78 is 5.31. The van der Waals surface area contributed by atoms with E-state index in [4.69, 9.17) is 27.9 Å². The van der Waals surface area contributed by atoms with Crippen molar-refractivity contribution in [1.82, 2.24) is 0 Å². The van der Waals surface area contributed by atoms with Gasteiger partial charge in [0.05, 0.1) is 39.9 Å². The second-order valence-corrected chi connectivity index (χ2v) is 5.53. The molecule has 0 aliphatic carbocycles. The van der Waals surface area contributed by atoms with E-state index in [0.29, 0.717) is 27.9 Å². The van der Waals surface area contributed by atoms with Crippen LogP contribution in [0.1, 0.15) is 12.5 Å². The van der Waals surface area contributed by atoms with Crippen LogP contribution in [0.15, 0.2) is 48.7 Å². The minimum absolute atomic E-state index is 0.204. The number of hydrogen-bond donors (Lipinski definition) is 0. The third-order valence-electron chi connectivity index (χ3n) is 3.40. The number of ether oxygens (including phenoxy) is 1. The molecule has 112 valence electrons. The number of rotatable bonds is 3. The first-order valence-corrected chi connectivity index (χ1v) is 7.60. The van der Waals surface area contributed by atoms with Gasteiger partial charge in [0, 0.05) is 5.56 Å². The van der Waals surface area contributed by atoms with Crippen LogP contribution in [0.5, 0.6) is 0 Å². The van der Waals surface area contributed by atoms with Crippen LogP contribution >= 0.6 is 23.2 Å². The average molecular weight is 334 g/mol. The molecule has 0 saturated carbocycles. The molecular formula is C17H13Cl2NO2. The molecule has 3 nitrogen and oxygen atoms in total. The summed E-state index contributed by atoms with van der Waals surface area (Å²) in [7, 11) is 0. The van der Waals surface area contributed by atoms with Gasteiger partial charge < -0.3 is 4.74 Å². The number of carbonyl (C=O) groups is 1. The van der Waals surface area contributed by atoms with E-state index in [1.165, 1.54) is 11.2 Å². The number of carbonyl (C=O) groups excluding carboxylic acids is 1. The zero-order valence-corrected chi connectivity index (χ0v) is 13.4. The fourth-order valence-electron chi connectivity index (χ4n) is 2.45. The first-order valence-electron chi connectivity index (χ1n) is 6.84. The highest BCUT2D eigenvalue weighted by Gasteiger charge is 2.35. The van der Waals surface area contributed by atoms with E-state index in [-0.39, 0.29) is 5.91 Å². The number of nitrogens with zero attached hydrogens (tertiary/aromatic N) is 1. The van der Waals surface area contributed by atoms with Crippen LogP contribution in [0.4, 0.5) is 11.4 Å². The van der Waals surface area contributed by atoms with E-state index in [1.807, 2.05) is 31.2 Å². The van der Waals surface area contributed by atoms with Gasteiger partial charge in [0.1, 0.15) is 0 Å². The molecule has 0 spiro atoms. The number of halogens is 2. The van der Waals surface area contributed by atoms with E-state index in [2.05, 4.69) is 0 Å². The first-order chi connectivity index (χ1) is 10.6. The van der Waals surface area contributed by atoms with E-state index in [9.17, 15) is 4.79 Å². The Hall–Kier alpha value is -1.97. The lowest BCUT2D eigenvalue weighted by Crippen LogP contribution is -2.21. The Morgan fingerprint density at radius 3 is 2.45 bits per heavy atom. The van der Waals surface area contributed by atoms with Crippen molar-refractivity contribution in [2.75, 3.05) is 11.5 Å². The quantitative estimate of drug-likeness (QED) is 0.581. The van der Waals surface area contributed by atoms with Crippen LogP contribution in [0.25, 0.3) is 5.57 Å². The topological polar surface area (TPSA) is 29.5 Å². The standard InChI is InChI=1S/C17H13Cl2NO2/c1-2-22-10-12-11-6-3-4-9-15(11)20(17(12)21)16-13(18)7-5-8-14(16)19/h3-10H,2H2,1H3/b12-10+. The number of amides is 1. The van der Waals surface area contributed by atoms with Crippen molar-refractivity contribution < 1.29 is 9.53 Å². The maximum Gasteiger partial charge on any atom is 0.266 e. The second kappa shape index (κ2) is 6.03. The Bertz CT molecular complexity index is 751. The maximum atomic E-state index is 12.8. The van der Waals surface area contributed by atoms with Gasteiger partial charge in [-0.2, -0.15) is 0 Å². The van der Waals surface area contributed by atoms with Crippen LogP contribution < -0.4 is 4.90 Å². The molecule has 0 aromatic heterocycles. The van der Waals surface area contributed by atoms with Gasteiger partial charge in [0.25, 0.3) is 5.91 Å². The Kier molecular flexibility index (Phi) is 4.10. The van der Waals surface area contributed by atoms with Crippen molar-refractivity contribution in [1.29, 1.82) is 0 Å². The summed E-state index contributed by atoms with van der Waals surface area (Å²) >= 11 is 12.5. The minimum atomic E-state index is -0.204. The number of benzene rings is 2. The van der Waals surface area contributed by atoms with Gasteiger partial charge in [-0.05, 0) is 25.1 Å². The zero-order chi connectivity index (χ0) is 15.7. The van der Waals surface area contributed by atoms with Gasteiger partial charge in [-0.25, -0.2) is 0 Å². The van der Waals surface area contributed by atoms with E-state index in [0.717, 1.165) is 11.3 Å². The van der Waals surface area contributed by atoms with E-state index < -0.39 is 0 Å². The smallest absolute Gasteiger partial charge is 0.266 e. The molecule has 0 bridgehead atoms. The largest absolute Gasteiger partial charge is 0.501 e. The molecule has 0 fully saturated rings. The number of para-hydroxylation sites is 2. The van der Waals surface area contributed by atoms with Crippen molar-refractivity contribution in [3.05, 3.63) is 64.3 Å². The maximum absolute atomic E-state index is 12.8. The van der Waals surface area contributed by atoms with Gasteiger partial charge in [0.2, 0.25) is 0 Å². The Morgan fingerprint density at radius 1 is 1.09 bits per heavy atom. The number of anilines is 2. The van der Waals surface area contributed by atoms with Crippen molar-refractivity contribution in [2.24, 2.45) is 0 Å². The molecule has 1 aliphatic rings. The summed E-state index contributed by atoms with van der Waals surface area (Å²) in [5.41, 5.74) is 2.53. The number of fused-ring (bicyclic) bond motifs is 1. The van der Waals surface area contributed by atoms with Crippen molar-refractivity contribution >= 4 is 46.1 Å². The lowest BCUT2D eigenvalue weighted by Gasteiger charge is -2.19. The van der Waals surface area contributed by atoms with Crippen molar-refractivity contribution in [2.45, 2.75) is 6.92 Å². The lowest BCUT2D eigenvalue weighted by molar-refractivity contribution is -0.112. The molecule has 0 radical (unpaired) electrons.